The van der Waals surface area contributed by atoms with Crippen molar-refractivity contribution in [2.45, 2.75) is 25.7 Å². The summed E-state index contributed by atoms with van der Waals surface area (Å²) in [5.41, 5.74) is 0.929. The predicted octanol–water partition coefficient (Wildman–Crippen LogP) is 2.61. The van der Waals surface area contributed by atoms with E-state index in [9.17, 15) is 0 Å². The summed E-state index contributed by atoms with van der Waals surface area (Å²) in [5.74, 6) is 3.38. The van der Waals surface area contributed by atoms with Crippen molar-refractivity contribution in [2.75, 3.05) is 0 Å². The zero-order valence-corrected chi connectivity index (χ0v) is 6.34. The van der Waals surface area contributed by atoms with Gasteiger partial charge in [-0.25, -0.2) is 0 Å². The number of rotatable bonds is 2. The third kappa shape index (κ3) is 0.398. The van der Waals surface area contributed by atoms with Crippen molar-refractivity contribution in [3.05, 3.63) is 12.7 Å². The van der Waals surface area contributed by atoms with Crippen molar-refractivity contribution >= 4 is 0 Å². The Hall–Kier alpha value is -0.260. The molecule has 0 radical (unpaired) electrons. The van der Waals surface area contributed by atoms with Crippen LogP contribution in [-0.4, -0.2) is 0 Å². The zero-order chi connectivity index (χ0) is 6.77. The van der Waals surface area contributed by atoms with Gasteiger partial charge in [0.05, 0.1) is 0 Å². The summed E-state index contributed by atoms with van der Waals surface area (Å²) in [6.45, 7) is 3.81. The van der Waals surface area contributed by atoms with E-state index in [1.54, 1.807) is 19.3 Å². The van der Waals surface area contributed by atoms with E-state index in [-0.39, 0.29) is 0 Å². The Morgan fingerprint density at radius 2 is 2.30 bits per heavy atom. The summed E-state index contributed by atoms with van der Waals surface area (Å²) in [7, 11) is 0. The second-order valence-corrected chi connectivity index (χ2v) is 4.53. The van der Waals surface area contributed by atoms with Crippen molar-refractivity contribution < 1.29 is 0 Å². The predicted molar refractivity (Wildman–Crippen MR) is 41.6 cm³/mol. The maximum atomic E-state index is 3.81. The van der Waals surface area contributed by atoms with Crippen LogP contribution in [0.1, 0.15) is 25.7 Å². The zero-order valence-electron chi connectivity index (χ0n) is 6.34. The molecular weight excluding hydrogens is 120 g/mol. The van der Waals surface area contributed by atoms with Gasteiger partial charge in [-0.15, -0.1) is 6.58 Å². The first-order valence-electron chi connectivity index (χ1n) is 4.47. The fourth-order valence-electron chi connectivity index (χ4n) is 3.63. The highest BCUT2D eigenvalue weighted by molar-refractivity contribution is 5.23. The van der Waals surface area contributed by atoms with Crippen LogP contribution in [0.3, 0.4) is 0 Å². The molecule has 0 N–H and O–H groups in total. The molecule has 0 aliphatic heterocycles. The highest BCUT2D eigenvalue weighted by Gasteiger charge is 2.73. The van der Waals surface area contributed by atoms with E-state index in [0.717, 1.165) is 17.3 Å². The molecule has 0 heterocycles. The molecule has 0 aromatic rings. The van der Waals surface area contributed by atoms with Crippen molar-refractivity contribution in [1.82, 2.24) is 0 Å². The van der Waals surface area contributed by atoms with Gasteiger partial charge in [-0.05, 0) is 48.9 Å². The van der Waals surface area contributed by atoms with Crippen molar-refractivity contribution in [2.24, 2.45) is 23.2 Å². The van der Waals surface area contributed by atoms with Crippen molar-refractivity contribution in [3.63, 3.8) is 0 Å². The molecule has 2 bridgehead atoms. The number of fused-ring (bicyclic) bond motifs is 1. The Morgan fingerprint density at radius 1 is 1.40 bits per heavy atom. The fourth-order valence-corrected chi connectivity index (χ4v) is 3.63. The molecular formula is C10H14. The molecule has 1 spiro atoms. The summed E-state index contributed by atoms with van der Waals surface area (Å²) in [6.07, 6.45) is 8.13. The van der Waals surface area contributed by atoms with Gasteiger partial charge in [0.2, 0.25) is 0 Å². The van der Waals surface area contributed by atoms with E-state index in [4.69, 9.17) is 0 Å². The van der Waals surface area contributed by atoms with Crippen LogP contribution in [0.4, 0.5) is 0 Å². The maximum Gasteiger partial charge on any atom is -0.0258 e. The first-order valence-corrected chi connectivity index (χ1v) is 4.47. The van der Waals surface area contributed by atoms with Gasteiger partial charge in [0.1, 0.15) is 0 Å². The number of hydrogen-bond acceptors (Lipinski definition) is 0. The van der Waals surface area contributed by atoms with Gasteiger partial charge in [0.15, 0.2) is 0 Å². The monoisotopic (exact) mass is 134 g/mol. The topological polar surface area (TPSA) is 0 Å². The standard InChI is InChI=1S/C10H14/c1-2-3-7-4-10-5-8(7)9(10)6-10/h2,7-9H,1,3-6H2. The molecule has 0 amide bonds. The first-order chi connectivity index (χ1) is 4.86. The molecule has 4 fully saturated rings. The van der Waals surface area contributed by atoms with Gasteiger partial charge in [0, 0.05) is 0 Å². The smallest absolute Gasteiger partial charge is 0.0258 e. The molecule has 4 unspecified atom stereocenters. The summed E-state index contributed by atoms with van der Waals surface area (Å²) in [4.78, 5) is 0. The summed E-state index contributed by atoms with van der Waals surface area (Å²) in [6, 6.07) is 0. The van der Waals surface area contributed by atoms with Crippen molar-refractivity contribution in [1.29, 1.82) is 0 Å². The molecule has 4 aliphatic carbocycles. The maximum absolute atomic E-state index is 3.81. The van der Waals surface area contributed by atoms with Crippen LogP contribution in [-0.2, 0) is 0 Å². The molecule has 4 saturated carbocycles. The highest BCUT2D eigenvalue weighted by atomic mass is 14.8. The first kappa shape index (κ1) is 5.40. The van der Waals surface area contributed by atoms with Crippen LogP contribution < -0.4 is 0 Å². The van der Waals surface area contributed by atoms with Crippen LogP contribution in [0, 0.1) is 23.2 Å². The van der Waals surface area contributed by atoms with Gasteiger partial charge in [-0.1, -0.05) is 6.08 Å². The second kappa shape index (κ2) is 1.34. The van der Waals surface area contributed by atoms with Gasteiger partial charge >= 0.3 is 0 Å². The van der Waals surface area contributed by atoms with Crippen molar-refractivity contribution in [3.8, 4) is 0 Å². The summed E-state index contributed by atoms with van der Waals surface area (Å²) in [5, 5.41) is 0. The Balaban J connectivity index is 1.78. The Labute approximate surface area is 62.3 Å². The quantitative estimate of drug-likeness (QED) is 0.509. The molecule has 54 valence electrons. The SMILES string of the molecule is C=CCC1CC23CC1C2C3. The van der Waals surface area contributed by atoms with E-state index < -0.39 is 0 Å². The lowest BCUT2D eigenvalue weighted by Gasteiger charge is -2.23. The Bertz CT molecular complexity index is 194. The third-order valence-corrected chi connectivity index (χ3v) is 4.16. The lowest BCUT2D eigenvalue weighted by atomic mass is 9.82. The molecule has 0 heteroatoms. The molecule has 4 atom stereocenters. The fraction of sp³-hybridized carbons (Fsp3) is 0.800. The normalized spacial score (nSPS) is 61.0. The van der Waals surface area contributed by atoms with Crippen LogP contribution >= 0.6 is 0 Å². The lowest BCUT2D eigenvalue weighted by molar-refractivity contribution is 0.261. The second-order valence-electron chi connectivity index (χ2n) is 4.53. The van der Waals surface area contributed by atoms with E-state index in [2.05, 4.69) is 12.7 Å². The molecule has 0 saturated heterocycles. The molecule has 4 aliphatic rings. The van der Waals surface area contributed by atoms with E-state index in [0.29, 0.717) is 0 Å². The van der Waals surface area contributed by atoms with Crippen LogP contribution in [0.2, 0.25) is 0 Å². The third-order valence-electron chi connectivity index (χ3n) is 4.16. The summed E-state index contributed by atoms with van der Waals surface area (Å²) >= 11 is 0. The van der Waals surface area contributed by atoms with E-state index >= 15 is 0 Å². The van der Waals surface area contributed by atoms with Gasteiger partial charge < -0.3 is 0 Å². The minimum atomic E-state index is 0.929. The minimum absolute atomic E-state index is 0.929. The van der Waals surface area contributed by atoms with E-state index in [1.165, 1.54) is 12.3 Å². The molecule has 4 rings (SSSR count). The van der Waals surface area contributed by atoms with Crippen LogP contribution in [0.5, 0.6) is 0 Å². The van der Waals surface area contributed by atoms with Crippen LogP contribution in [0.15, 0.2) is 12.7 Å². The average molecular weight is 134 g/mol. The van der Waals surface area contributed by atoms with Gasteiger partial charge in [-0.3, -0.25) is 0 Å². The van der Waals surface area contributed by atoms with Gasteiger partial charge in [0.25, 0.3) is 0 Å². The molecule has 0 aromatic carbocycles. The lowest BCUT2D eigenvalue weighted by Crippen LogP contribution is -2.16. The highest BCUT2D eigenvalue weighted by Crippen LogP contribution is 2.81. The number of allylic oxidation sites excluding steroid dienone is 1. The van der Waals surface area contributed by atoms with Crippen LogP contribution in [0.25, 0.3) is 0 Å². The minimum Gasteiger partial charge on any atom is -0.103 e. The molecule has 0 aromatic heterocycles. The molecule has 0 nitrogen and oxygen atoms in total. The number of hydrogen-bond donors (Lipinski definition) is 0. The summed E-state index contributed by atoms with van der Waals surface area (Å²) < 4.78 is 0. The largest absolute Gasteiger partial charge is 0.103 e. The molecule has 10 heavy (non-hydrogen) atoms. The average Bonchev–Trinajstić information content (AvgIpc) is 2.26. The Kier molecular flexibility index (Phi) is 0.725. The van der Waals surface area contributed by atoms with E-state index in [1.807, 2.05) is 0 Å². The van der Waals surface area contributed by atoms with Gasteiger partial charge in [-0.2, -0.15) is 0 Å². The Morgan fingerprint density at radius 3 is 2.80 bits per heavy atom.